The minimum absolute atomic E-state index is 0.120. The van der Waals surface area contributed by atoms with Gasteiger partial charge in [-0.25, -0.2) is 4.39 Å². The minimum atomic E-state index is -0.855. The van der Waals surface area contributed by atoms with Crippen molar-refractivity contribution in [1.82, 2.24) is 0 Å². The first-order chi connectivity index (χ1) is 22.5. The molecule has 0 aromatic heterocycles. The summed E-state index contributed by atoms with van der Waals surface area (Å²) in [5, 5.41) is 18.4. The highest BCUT2D eigenvalue weighted by Gasteiger charge is 2.56. The third-order valence-corrected chi connectivity index (χ3v) is 9.62. The topological polar surface area (TPSA) is 120 Å². The van der Waals surface area contributed by atoms with Crippen molar-refractivity contribution in [2.75, 3.05) is 23.9 Å². The number of carbonyl (C=O) groups excluding carboxylic acids is 4. The zero-order valence-electron chi connectivity index (χ0n) is 26.0. The summed E-state index contributed by atoms with van der Waals surface area (Å²) in [5.74, 6) is -5.49. The van der Waals surface area contributed by atoms with E-state index in [1.807, 2.05) is 49.3 Å². The van der Waals surface area contributed by atoms with Gasteiger partial charge < -0.3 is 10.0 Å². The Morgan fingerprint density at radius 1 is 0.872 bits per heavy atom. The third kappa shape index (κ3) is 5.00. The number of allylic oxidation sites excluding steroid dienone is 6. The lowest BCUT2D eigenvalue weighted by molar-refractivity contribution is -0.123. The van der Waals surface area contributed by atoms with Gasteiger partial charge in [0.05, 0.1) is 28.9 Å². The Hall–Kier alpha value is -5.51. The first-order valence-electron chi connectivity index (χ1n) is 15.4. The normalized spacial score (nSPS) is 23.9. The average molecular weight is 631 g/mol. The van der Waals surface area contributed by atoms with Crippen molar-refractivity contribution in [3.63, 3.8) is 0 Å². The van der Waals surface area contributed by atoms with Crippen LogP contribution in [0.3, 0.4) is 0 Å². The lowest BCUT2D eigenvalue weighted by Crippen LogP contribution is -2.39. The molecule has 4 aliphatic rings. The molecule has 7 rings (SSSR count). The molecule has 2 amide bonds. The number of hydrogen-bond donors (Lipinski definition) is 1. The Kier molecular flexibility index (Phi) is 7.30. The number of carbonyl (C=O) groups is 4. The maximum atomic E-state index is 14.6. The van der Waals surface area contributed by atoms with Crippen LogP contribution in [-0.2, 0) is 19.2 Å². The molecule has 1 saturated heterocycles. The SMILES string of the molecule is CC1=CC(=O)C2=C(C1=O)C(c1ccc(O)c(F)c1)C1=CCC3C(=O)N(c4ccc(N=Nc5ccc(N(C)C)cc5)cc4)C(=O)C3C1C2. The van der Waals surface area contributed by atoms with Gasteiger partial charge in [0.2, 0.25) is 11.8 Å². The number of Topliss-reactive ketones (excluding diaryl/α,β-unsaturated/α-hetero) is 1. The van der Waals surface area contributed by atoms with Crippen LogP contribution >= 0.6 is 0 Å². The van der Waals surface area contributed by atoms with E-state index in [2.05, 4.69) is 10.2 Å². The fourth-order valence-electron chi connectivity index (χ4n) is 7.30. The van der Waals surface area contributed by atoms with Gasteiger partial charge in [0.25, 0.3) is 0 Å². The van der Waals surface area contributed by atoms with Crippen LogP contribution in [0.2, 0.25) is 0 Å². The molecule has 1 heterocycles. The number of anilines is 2. The van der Waals surface area contributed by atoms with Gasteiger partial charge in [-0.2, -0.15) is 10.2 Å². The number of ketones is 2. The smallest absolute Gasteiger partial charge is 0.238 e. The Balaban J connectivity index is 1.19. The molecular formula is C37H31FN4O5. The summed E-state index contributed by atoms with van der Waals surface area (Å²) in [4.78, 5) is 57.9. The number of rotatable bonds is 5. The van der Waals surface area contributed by atoms with Crippen molar-refractivity contribution >= 4 is 46.1 Å². The van der Waals surface area contributed by atoms with Crippen LogP contribution in [0.1, 0.15) is 31.2 Å². The zero-order chi connectivity index (χ0) is 33.1. The first kappa shape index (κ1) is 30.2. The Bertz CT molecular complexity index is 1990. The zero-order valence-corrected chi connectivity index (χ0v) is 26.0. The van der Waals surface area contributed by atoms with Crippen molar-refractivity contribution < 1.29 is 28.7 Å². The van der Waals surface area contributed by atoms with Crippen molar-refractivity contribution in [3.8, 4) is 5.75 Å². The van der Waals surface area contributed by atoms with Gasteiger partial charge in [-0.15, -0.1) is 0 Å². The summed E-state index contributed by atoms with van der Waals surface area (Å²) in [5.41, 5.74) is 4.62. The molecule has 0 bridgehead atoms. The van der Waals surface area contributed by atoms with E-state index in [9.17, 15) is 28.7 Å². The molecule has 4 unspecified atom stereocenters. The second kappa shape index (κ2) is 11.4. The minimum Gasteiger partial charge on any atom is -0.505 e. The second-order valence-electron chi connectivity index (χ2n) is 12.6. The number of fused-ring (bicyclic) bond motifs is 3. The van der Waals surface area contributed by atoms with Gasteiger partial charge in [0.1, 0.15) is 0 Å². The lowest BCUT2D eigenvalue weighted by Gasteiger charge is -2.42. The van der Waals surface area contributed by atoms with Crippen LogP contribution in [0, 0.1) is 23.6 Å². The Morgan fingerprint density at radius 3 is 2.17 bits per heavy atom. The van der Waals surface area contributed by atoms with Gasteiger partial charge in [-0.05, 0) is 98.0 Å². The van der Waals surface area contributed by atoms with E-state index in [4.69, 9.17) is 0 Å². The average Bonchev–Trinajstić information content (AvgIpc) is 3.32. The van der Waals surface area contributed by atoms with Crippen LogP contribution in [-0.4, -0.2) is 42.6 Å². The van der Waals surface area contributed by atoms with Crippen molar-refractivity contribution in [3.05, 3.63) is 113 Å². The second-order valence-corrected chi connectivity index (χ2v) is 12.6. The quantitative estimate of drug-likeness (QED) is 0.146. The number of hydrogen-bond acceptors (Lipinski definition) is 8. The molecule has 1 fully saturated rings. The number of nitrogens with zero attached hydrogens (tertiary/aromatic N) is 4. The molecule has 10 heteroatoms. The Morgan fingerprint density at radius 2 is 1.53 bits per heavy atom. The van der Waals surface area contributed by atoms with Gasteiger partial charge in [0, 0.05) is 42.4 Å². The number of phenolic OH excluding ortho intramolecular Hbond substituents is 1. The fourth-order valence-corrected chi connectivity index (χ4v) is 7.30. The molecule has 47 heavy (non-hydrogen) atoms. The van der Waals surface area contributed by atoms with Crippen molar-refractivity contribution in [2.45, 2.75) is 25.7 Å². The maximum absolute atomic E-state index is 14.6. The highest BCUT2D eigenvalue weighted by atomic mass is 19.1. The molecule has 1 aliphatic heterocycles. The summed E-state index contributed by atoms with van der Waals surface area (Å²) >= 11 is 0. The summed E-state index contributed by atoms with van der Waals surface area (Å²) in [6.45, 7) is 1.57. The summed E-state index contributed by atoms with van der Waals surface area (Å²) in [7, 11) is 3.91. The van der Waals surface area contributed by atoms with Gasteiger partial charge in [0.15, 0.2) is 23.1 Å². The number of aromatic hydroxyl groups is 1. The van der Waals surface area contributed by atoms with Crippen molar-refractivity contribution in [2.24, 2.45) is 28.0 Å². The van der Waals surface area contributed by atoms with E-state index < -0.39 is 35.2 Å². The molecule has 0 radical (unpaired) electrons. The van der Waals surface area contributed by atoms with Crippen LogP contribution < -0.4 is 9.80 Å². The summed E-state index contributed by atoms with van der Waals surface area (Å²) in [6.07, 6.45) is 3.55. The van der Waals surface area contributed by atoms with E-state index in [1.165, 1.54) is 23.1 Å². The molecule has 0 spiro atoms. The predicted octanol–water partition coefficient (Wildman–Crippen LogP) is 6.65. The lowest BCUT2D eigenvalue weighted by atomic mass is 9.59. The van der Waals surface area contributed by atoms with Gasteiger partial charge >= 0.3 is 0 Å². The number of benzene rings is 3. The first-order valence-corrected chi connectivity index (χ1v) is 15.4. The molecule has 236 valence electrons. The standard InChI is InChI=1S/C37H31FN4O5/c1-19-16-31(44)28-18-27-25(32(34(28)35(19)45)20-4-15-30(43)29(38)17-20)13-14-26-33(27)37(47)42(36(26)46)24-11-7-22(8-12-24)40-39-21-5-9-23(10-6-21)41(2)3/h4-13,15-17,26-27,32-33,43H,14,18H2,1-3H3. The van der Waals surface area contributed by atoms with Crippen LogP contribution in [0.5, 0.6) is 5.75 Å². The number of halogens is 1. The van der Waals surface area contributed by atoms with E-state index in [-0.39, 0.29) is 52.9 Å². The third-order valence-electron chi connectivity index (χ3n) is 9.62. The molecular weight excluding hydrogens is 599 g/mol. The molecule has 3 aromatic carbocycles. The number of azo groups is 1. The Labute approximate surface area is 270 Å². The van der Waals surface area contributed by atoms with Crippen LogP contribution in [0.25, 0.3) is 0 Å². The highest BCUT2D eigenvalue weighted by molar-refractivity contribution is 6.25. The van der Waals surface area contributed by atoms with E-state index >= 15 is 0 Å². The van der Waals surface area contributed by atoms with Gasteiger partial charge in [-0.3, -0.25) is 24.1 Å². The number of imide groups is 1. The predicted molar refractivity (Wildman–Crippen MR) is 173 cm³/mol. The molecule has 0 saturated carbocycles. The molecule has 3 aromatic rings. The molecule has 4 atom stereocenters. The van der Waals surface area contributed by atoms with Crippen molar-refractivity contribution in [1.29, 1.82) is 0 Å². The molecule has 1 N–H and O–H groups in total. The summed E-state index contributed by atoms with van der Waals surface area (Å²) < 4.78 is 14.6. The fraction of sp³-hybridized carbons (Fsp3) is 0.243. The van der Waals surface area contributed by atoms with E-state index in [1.54, 1.807) is 31.2 Å². The molecule has 3 aliphatic carbocycles. The van der Waals surface area contributed by atoms with Crippen LogP contribution in [0.15, 0.2) is 111 Å². The highest BCUT2D eigenvalue weighted by Crippen LogP contribution is 2.55. The largest absolute Gasteiger partial charge is 0.505 e. The number of phenols is 1. The summed E-state index contributed by atoms with van der Waals surface area (Å²) in [6, 6.07) is 18.2. The number of amides is 2. The van der Waals surface area contributed by atoms with E-state index in [0.29, 0.717) is 28.2 Å². The monoisotopic (exact) mass is 630 g/mol. The van der Waals surface area contributed by atoms with E-state index in [0.717, 1.165) is 11.8 Å². The van der Waals surface area contributed by atoms with Gasteiger partial charge in [-0.1, -0.05) is 17.7 Å². The molecule has 9 nitrogen and oxygen atoms in total. The van der Waals surface area contributed by atoms with Crippen LogP contribution in [0.4, 0.5) is 27.1 Å². The maximum Gasteiger partial charge on any atom is 0.238 e.